The molecule has 2 aromatic carbocycles. The fourth-order valence-electron chi connectivity index (χ4n) is 1.92. The maximum Gasteiger partial charge on any atom is 0.325 e. The number of carbonyl (C=O) groups is 2. The van der Waals surface area contributed by atoms with E-state index in [9.17, 15) is 9.59 Å². The third-order valence-electron chi connectivity index (χ3n) is 2.89. The lowest BCUT2D eigenvalue weighted by atomic mass is 10.1. The van der Waals surface area contributed by atoms with E-state index in [-0.39, 0.29) is 17.0 Å². The van der Waals surface area contributed by atoms with Gasteiger partial charge in [-0.05, 0) is 56.0 Å². The Kier molecular flexibility index (Phi) is 5.23. The van der Waals surface area contributed by atoms with Crippen molar-refractivity contribution < 1.29 is 14.0 Å². The van der Waals surface area contributed by atoms with Crippen LogP contribution in [0.15, 0.2) is 48.5 Å². The second-order valence-corrected chi connectivity index (χ2v) is 10.9. The number of halogens is 1. The van der Waals surface area contributed by atoms with E-state index in [4.69, 9.17) is 16.0 Å². The molecule has 0 bridgehead atoms. The fraction of sp³-hybridized carbons (Fsp3) is 0.176. The Balaban J connectivity index is 2.24. The third-order valence-corrected chi connectivity index (χ3v) is 3.94. The highest BCUT2D eigenvalue weighted by Crippen LogP contribution is 2.18. The van der Waals surface area contributed by atoms with Crippen LogP contribution in [0.25, 0.3) is 0 Å². The molecule has 0 saturated carbocycles. The number of hydrogen-bond acceptors (Lipinski definition) is 3. The minimum absolute atomic E-state index is 0.265. The SMILES string of the molecule is C[Si](C)(C)OC(=O)c1ccccc1C(=O)Nc1ccc(Cl)cc1. The van der Waals surface area contributed by atoms with E-state index in [0.29, 0.717) is 10.7 Å². The molecule has 0 aliphatic rings. The summed E-state index contributed by atoms with van der Waals surface area (Å²) in [5.41, 5.74) is 1.15. The minimum Gasteiger partial charge on any atom is -0.516 e. The van der Waals surface area contributed by atoms with Gasteiger partial charge >= 0.3 is 5.97 Å². The van der Waals surface area contributed by atoms with Gasteiger partial charge in [0, 0.05) is 10.7 Å². The molecule has 6 heteroatoms. The quantitative estimate of drug-likeness (QED) is 0.823. The predicted octanol–water partition coefficient (Wildman–Crippen LogP) is 4.58. The largest absolute Gasteiger partial charge is 0.516 e. The fourth-order valence-corrected chi connectivity index (χ4v) is 2.72. The minimum atomic E-state index is -2.04. The number of anilines is 1. The highest BCUT2D eigenvalue weighted by Gasteiger charge is 2.24. The summed E-state index contributed by atoms with van der Waals surface area (Å²) in [5.74, 6) is -0.832. The van der Waals surface area contributed by atoms with Gasteiger partial charge < -0.3 is 9.74 Å². The molecular weight excluding hydrogens is 330 g/mol. The molecule has 0 unspecified atom stereocenters. The number of rotatable bonds is 4. The first kappa shape index (κ1) is 17.2. The van der Waals surface area contributed by atoms with Crippen LogP contribution in [0.4, 0.5) is 5.69 Å². The molecule has 1 amide bonds. The van der Waals surface area contributed by atoms with E-state index in [1.807, 2.05) is 19.6 Å². The smallest absolute Gasteiger partial charge is 0.325 e. The van der Waals surface area contributed by atoms with Crippen LogP contribution in [-0.4, -0.2) is 20.2 Å². The van der Waals surface area contributed by atoms with Crippen LogP contribution in [0.2, 0.25) is 24.7 Å². The van der Waals surface area contributed by atoms with Crippen molar-refractivity contribution in [3.63, 3.8) is 0 Å². The van der Waals surface area contributed by atoms with Crippen LogP contribution in [0.3, 0.4) is 0 Å². The molecule has 120 valence electrons. The molecule has 0 aliphatic carbocycles. The molecule has 0 atom stereocenters. The second kappa shape index (κ2) is 6.98. The number of benzene rings is 2. The zero-order valence-corrected chi connectivity index (χ0v) is 15.0. The summed E-state index contributed by atoms with van der Waals surface area (Å²) in [6.07, 6.45) is 0. The van der Waals surface area contributed by atoms with Crippen molar-refractivity contribution in [2.45, 2.75) is 19.6 Å². The lowest BCUT2D eigenvalue weighted by molar-refractivity contribution is 0.0720. The topological polar surface area (TPSA) is 55.4 Å². The average Bonchev–Trinajstić information content (AvgIpc) is 2.48. The van der Waals surface area contributed by atoms with E-state index >= 15 is 0 Å². The molecule has 2 rings (SSSR count). The summed E-state index contributed by atoms with van der Waals surface area (Å²) in [6.45, 7) is 5.75. The molecule has 0 radical (unpaired) electrons. The Morgan fingerprint density at radius 1 is 0.957 bits per heavy atom. The number of amides is 1. The summed E-state index contributed by atoms with van der Waals surface area (Å²) < 4.78 is 5.48. The third kappa shape index (κ3) is 4.94. The van der Waals surface area contributed by atoms with E-state index in [2.05, 4.69) is 5.32 Å². The van der Waals surface area contributed by atoms with Crippen LogP contribution in [0, 0.1) is 0 Å². The summed E-state index contributed by atoms with van der Waals surface area (Å²) >= 11 is 5.82. The Morgan fingerprint density at radius 3 is 2.09 bits per heavy atom. The predicted molar refractivity (Wildman–Crippen MR) is 94.6 cm³/mol. The van der Waals surface area contributed by atoms with Crippen LogP contribution in [0.5, 0.6) is 0 Å². The van der Waals surface area contributed by atoms with Gasteiger partial charge in [-0.2, -0.15) is 0 Å². The molecule has 4 nitrogen and oxygen atoms in total. The molecule has 1 N–H and O–H groups in total. The monoisotopic (exact) mass is 347 g/mol. The van der Waals surface area contributed by atoms with Gasteiger partial charge in [0.25, 0.3) is 5.91 Å². The van der Waals surface area contributed by atoms with Crippen molar-refractivity contribution in [1.82, 2.24) is 0 Å². The highest BCUT2D eigenvalue weighted by atomic mass is 35.5. The summed E-state index contributed by atoms with van der Waals surface area (Å²) in [5, 5.41) is 3.33. The normalized spacial score (nSPS) is 11.0. The number of hydrogen-bond donors (Lipinski definition) is 1. The van der Waals surface area contributed by atoms with Crippen molar-refractivity contribution in [1.29, 1.82) is 0 Å². The van der Waals surface area contributed by atoms with Gasteiger partial charge in [0.05, 0.1) is 11.1 Å². The van der Waals surface area contributed by atoms with Crippen LogP contribution >= 0.6 is 11.6 Å². The molecule has 23 heavy (non-hydrogen) atoms. The van der Waals surface area contributed by atoms with Crippen molar-refractivity contribution >= 4 is 37.5 Å². The zero-order valence-electron chi connectivity index (χ0n) is 13.2. The first-order valence-corrected chi connectivity index (χ1v) is 10.9. The molecule has 0 fully saturated rings. The molecule has 0 spiro atoms. The molecular formula is C17H18ClNO3Si. The van der Waals surface area contributed by atoms with Gasteiger partial charge in [0.15, 0.2) is 0 Å². The standard InChI is InChI=1S/C17H18ClNO3Si/c1-23(2,3)22-17(21)15-7-5-4-6-14(15)16(20)19-13-10-8-12(18)9-11-13/h4-11H,1-3H3,(H,19,20). The first-order chi connectivity index (χ1) is 10.8. The Labute approximate surface area is 141 Å². The summed E-state index contributed by atoms with van der Waals surface area (Å²) in [6, 6.07) is 13.4. The molecule has 0 aliphatic heterocycles. The van der Waals surface area contributed by atoms with Gasteiger partial charge in [-0.25, -0.2) is 4.79 Å². The Bertz CT molecular complexity index is 723. The number of nitrogens with one attached hydrogen (secondary N) is 1. The Hall–Kier alpha value is -2.11. The van der Waals surface area contributed by atoms with E-state index in [1.165, 1.54) is 0 Å². The maximum atomic E-state index is 12.4. The van der Waals surface area contributed by atoms with Gasteiger partial charge in [0.2, 0.25) is 8.32 Å². The van der Waals surface area contributed by atoms with Gasteiger partial charge in [0.1, 0.15) is 0 Å². The summed E-state index contributed by atoms with van der Waals surface area (Å²) in [7, 11) is -2.04. The summed E-state index contributed by atoms with van der Waals surface area (Å²) in [4.78, 5) is 24.7. The van der Waals surface area contributed by atoms with Gasteiger partial charge in [-0.1, -0.05) is 23.7 Å². The molecule has 0 heterocycles. The highest BCUT2D eigenvalue weighted by molar-refractivity contribution is 6.71. The van der Waals surface area contributed by atoms with Crippen LogP contribution in [-0.2, 0) is 4.43 Å². The van der Waals surface area contributed by atoms with E-state index in [0.717, 1.165) is 0 Å². The second-order valence-electron chi connectivity index (χ2n) is 6.01. The van der Waals surface area contributed by atoms with E-state index < -0.39 is 14.3 Å². The lowest BCUT2D eigenvalue weighted by Gasteiger charge is -2.18. The van der Waals surface area contributed by atoms with Crippen molar-refractivity contribution in [2.24, 2.45) is 0 Å². The van der Waals surface area contributed by atoms with Gasteiger partial charge in [-0.15, -0.1) is 0 Å². The zero-order chi connectivity index (χ0) is 17.0. The molecule has 2 aromatic rings. The lowest BCUT2D eigenvalue weighted by Crippen LogP contribution is -2.30. The van der Waals surface area contributed by atoms with Crippen molar-refractivity contribution in [2.75, 3.05) is 5.32 Å². The first-order valence-electron chi connectivity index (χ1n) is 7.15. The van der Waals surface area contributed by atoms with Crippen molar-refractivity contribution in [3.05, 3.63) is 64.7 Å². The van der Waals surface area contributed by atoms with Gasteiger partial charge in [-0.3, -0.25) is 4.79 Å². The van der Waals surface area contributed by atoms with Crippen LogP contribution < -0.4 is 5.32 Å². The molecule has 0 aromatic heterocycles. The molecule has 0 saturated heterocycles. The van der Waals surface area contributed by atoms with Crippen molar-refractivity contribution in [3.8, 4) is 0 Å². The van der Waals surface area contributed by atoms with Crippen LogP contribution in [0.1, 0.15) is 20.7 Å². The Morgan fingerprint density at radius 2 is 1.52 bits per heavy atom. The number of carbonyl (C=O) groups excluding carboxylic acids is 2. The average molecular weight is 348 g/mol. The van der Waals surface area contributed by atoms with E-state index in [1.54, 1.807) is 48.5 Å². The maximum absolute atomic E-state index is 12.4.